The lowest BCUT2D eigenvalue weighted by Crippen LogP contribution is -1.72. The van der Waals surface area contributed by atoms with Gasteiger partial charge in [-0.05, 0) is 0 Å². The monoisotopic (exact) mass is 85.0 g/mol. The summed E-state index contributed by atoms with van der Waals surface area (Å²) in [6, 6.07) is 1.31. The third-order valence-corrected chi connectivity index (χ3v) is 1.21. The fraction of sp³-hybridized carbons (Fsp3) is 0.500. The number of hydrogen-bond acceptors (Lipinski definition) is 0. The highest BCUT2D eigenvalue weighted by molar-refractivity contribution is 6.41. The molecule has 0 amide bonds. The zero-order valence-corrected chi connectivity index (χ0v) is 4.72. The Hall–Kier alpha value is -0.0431. The first kappa shape index (κ1) is 4.96. The molecule has 0 fully saturated rings. The number of hydrogen-bond donors (Lipinski definition) is 0. The lowest BCUT2D eigenvalue weighted by atomic mass is 11.0. The zero-order valence-electron chi connectivity index (χ0n) is 3.57. The van der Waals surface area contributed by atoms with Crippen LogP contribution in [0.1, 0.15) is 6.92 Å². The molecule has 0 N–H and O–H groups in total. The quantitative estimate of drug-likeness (QED) is 0.439. The fourth-order valence-electron chi connectivity index (χ4n) is 0.167. The molecule has 1 radical (unpaired) electrons. The minimum Gasteiger partial charge on any atom is -0.107 e. The Morgan fingerprint density at radius 2 is 2.60 bits per heavy atom. The highest BCUT2D eigenvalue weighted by Crippen LogP contribution is 1.68. The van der Waals surface area contributed by atoms with E-state index in [1.54, 1.807) is 0 Å². The van der Waals surface area contributed by atoms with Gasteiger partial charge in [-0.1, -0.05) is 13.0 Å². The summed E-state index contributed by atoms with van der Waals surface area (Å²) >= 11 is 0. The summed E-state index contributed by atoms with van der Waals surface area (Å²) in [4.78, 5) is 0. The van der Waals surface area contributed by atoms with Crippen molar-refractivity contribution >= 4 is 9.52 Å². The topological polar surface area (TPSA) is 0 Å². The van der Waals surface area contributed by atoms with Gasteiger partial charge in [0.05, 0.1) is 9.52 Å². The second kappa shape index (κ2) is 3.96. The highest BCUT2D eigenvalue weighted by Gasteiger charge is 1.64. The first-order valence-corrected chi connectivity index (χ1v) is 3.34. The van der Waals surface area contributed by atoms with Gasteiger partial charge in [0.2, 0.25) is 0 Å². The minimum atomic E-state index is 0.579. The molecule has 0 saturated carbocycles. The Morgan fingerprint density at radius 1 is 2.00 bits per heavy atom. The zero-order chi connectivity index (χ0) is 4.12. The molecule has 29 valence electrons. The first-order chi connectivity index (χ1) is 2.41. The van der Waals surface area contributed by atoms with Crippen LogP contribution in [0.3, 0.4) is 0 Å². The number of rotatable bonds is 2. The van der Waals surface area contributed by atoms with Crippen molar-refractivity contribution in [3.05, 3.63) is 12.3 Å². The molecule has 0 bridgehead atoms. The molecule has 0 aromatic carbocycles. The molecule has 0 aliphatic carbocycles. The van der Waals surface area contributed by atoms with Crippen molar-refractivity contribution in [1.82, 2.24) is 0 Å². The van der Waals surface area contributed by atoms with Gasteiger partial charge >= 0.3 is 0 Å². The maximum atomic E-state index is 3.59. The van der Waals surface area contributed by atoms with E-state index < -0.39 is 0 Å². The third kappa shape index (κ3) is 3.96. The molecule has 0 aromatic heterocycles. The van der Waals surface area contributed by atoms with Crippen LogP contribution in [0, 0.1) is 0 Å². The van der Waals surface area contributed by atoms with Crippen LogP contribution in [-0.2, 0) is 0 Å². The smallest absolute Gasteiger partial charge is 0.0558 e. The molecular formula is C4H9Si. The van der Waals surface area contributed by atoms with Crippen molar-refractivity contribution < 1.29 is 0 Å². The van der Waals surface area contributed by atoms with Crippen LogP contribution in [0.2, 0.25) is 6.04 Å². The van der Waals surface area contributed by atoms with E-state index in [9.17, 15) is 0 Å². The lowest BCUT2D eigenvalue weighted by molar-refractivity contribution is 1.46. The molecule has 0 spiro atoms. The van der Waals surface area contributed by atoms with Crippen LogP contribution in [0.5, 0.6) is 0 Å². The Kier molecular flexibility index (Phi) is 3.92. The van der Waals surface area contributed by atoms with E-state index in [4.69, 9.17) is 0 Å². The average Bonchev–Trinajstić information content (AvgIpc) is 1.41. The van der Waals surface area contributed by atoms with E-state index in [0.717, 1.165) is 0 Å². The summed E-state index contributed by atoms with van der Waals surface area (Å²) in [6.45, 7) is 5.77. The first-order valence-electron chi connectivity index (χ1n) is 1.86. The van der Waals surface area contributed by atoms with Gasteiger partial charge in [0.15, 0.2) is 0 Å². The van der Waals surface area contributed by atoms with Gasteiger partial charge in [0.1, 0.15) is 0 Å². The lowest BCUT2D eigenvalue weighted by Gasteiger charge is -1.70. The summed E-state index contributed by atoms with van der Waals surface area (Å²) in [6.07, 6.45) is 0. The second-order valence-corrected chi connectivity index (χ2v) is 2.64. The van der Waals surface area contributed by atoms with Crippen molar-refractivity contribution in [2.75, 3.05) is 0 Å². The van der Waals surface area contributed by atoms with E-state index in [1.807, 2.05) is 5.70 Å². The van der Waals surface area contributed by atoms with Gasteiger partial charge in [0.25, 0.3) is 0 Å². The molecule has 0 aliphatic heterocycles. The largest absolute Gasteiger partial charge is 0.107 e. The maximum Gasteiger partial charge on any atom is 0.0558 e. The maximum absolute atomic E-state index is 3.59. The molecule has 0 atom stereocenters. The van der Waals surface area contributed by atoms with Gasteiger partial charge < -0.3 is 0 Å². The van der Waals surface area contributed by atoms with Crippen molar-refractivity contribution in [3.8, 4) is 0 Å². The van der Waals surface area contributed by atoms with Crippen LogP contribution in [0.4, 0.5) is 0 Å². The SMILES string of the molecule is C=C[SiH]CC. The molecule has 0 aromatic rings. The molecule has 0 heterocycles. The molecule has 0 unspecified atom stereocenters. The molecule has 1 heteroatoms. The highest BCUT2D eigenvalue weighted by atomic mass is 28.2. The molecule has 0 saturated heterocycles. The van der Waals surface area contributed by atoms with Gasteiger partial charge in [-0.25, -0.2) is 0 Å². The Bertz CT molecular complexity index is 24.8. The van der Waals surface area contributed by atoms with Crippen molar-refractivity contribution in [2.24, 2.45) is 0 Å². The molecule has 0 nitrogen and oxygen atoms in total. The molecular weight excluding hydrogens is 76.1 g/mol. The van der Waals surface area contributed by atoms with Crippen molar-refractivity contribution in [2.45, 2.75) is 13.0 Å². The summed E-state index contributed by atoms with van der Waals surface area (Å²) in [7, 11) is 0.579. The Morgan fingerprint density at radius 3 is 2.60 bits per heavy atom. The van der Waals surface area contributed by atoms with Gasteiger partial charge in [-0.2, -0.15) is 0 Å². The van der Waals surface area contributed by atoms with Gasteiger partial charge in [0, 0.05) is 0 Å². The van der Waals surface area contributed by atoms with Crippen LogP contribution in [-0.4, -0.2) is 9.52 Å². The van der Waals surface area contributed by atoms with Gasteiger partial charge in [-0.15, -0.1) is 12.3 Å². The summed E-state index contributed by atoms with van der Waals surface area (Å²) < 4.78 is 0. The Balaban J connectivity index is 2.40. The molecule has 0 aliphatic rings. The standard InChI is InChI=1S/C4H9Si/c1-3-5-4-2/h3,5H,1,4H2,2H3. The Labute approximate surface area is 35.7 Å². The normalized spacial score (nSPS) is 7.40. The predicted octanol–water partition coefficient (Wildman–Crippen LogP) is 1.00. The van der Waals surface area contributed by atoms with E-state index >= 15 is 0 Å². The van der Waals surface area contributed by atoms with E-state index in [-0.39, 0.29) is 0 Å². The third-order valence-electron chi connectivity index (χ3n) is 0.402. The summed E-state index contributed by atoms with van der Waals surface area (Å²) in [5.41, 5.74) is 2.01. The van der Waals surface area contributed by atoms with E-state index in [2.05, 4.69) is 13.5 Å². The van der Waals surface area contributed by atoms with Gasteiger partial charge in [-0.3, -0.25) is 0 Å². The van der Waals surface area contributed by atoms with Crippen LogP contribution in [0.15, 0.2) is 12.3 Å². The van der Waals surface area contributed by atoms with Crippen LogP contribution >= 0.6 is 0 Å². The fourth-order valence-corrected chi connectivity index (χ4v) is 0.500. The van der Waals surface area contributed by atoms with E-state index in [0.29, 0.717) is 9.52 Å². The molecule has 5 heavy (non-hydrogen) atoms. The summed E-state index contributed by atoms with van der Waals surface area (Å²) in [5.74, 6) is 0. The van der Waals surface area contributed by atoms with Crippen molar-refractivity contribution in [1.29, 1.82) is 0 Å². The average molecular weight is 85.2 g/mol. The van der Waals surface area contributed by atoms with E-state index in [1.165, 1.54) is 6.04 Å². The predicted molar refractivity (Wildman–Crippen MR) is 27.8 cm³/mol. The minimum absolute atomic E-state index is 0.579. The molecule has 0 rings (SSSR count). The summed E-state index contributed by atoms with van der Waals surface area (Å²) in [5, 5.41) is 0. The second-order valence-electron chi connectivity index (χ2n) is 0.880. The van der Waals surface area contributed by atoms with Crippen molar-refractivity contribution in [3.63, 3.8) is 0 Å². The van der Waals surface area contributed by atoms with Crippen LogP contribution < -0.4 is 0 Å². The van der Waals surface area contributed by atoms with Crippen LogP contribution in [0.25, 0.3) is 0 Å².